The number of benzene rings is 1. The summed E-state index contributed by atoms with van der Waals surface area (Å²) in [4.78, 5) is 13.9. The molecule has 1 aliphatic rings. The number of halogens is 1. The number of hydrogen-bond acceptors (Lipinski definition) is 2. The molecule has 1 aromatic rings. The van der Waals surface area contributed by atoms with Gasteiger partial charge in [-0.1, -0.05) is 6.07 Å². The number of carbonyl (C=O) groups is 1. The first-order valence-corrected chi connectivity index (χ1v) is 5.82. The van der Waals surface area contributed by atoms with Crippen LogP contribution in [0.2, 0.25) is 0 Å². The zero-order chi connectivity index (χ0) is 10.8. The van der Waals surface area contributed by atoms with E-state index in [1.165, 1.54) is 0 Å². The van der Waals surface area contributed by atoms with Gasteiger partial charge in [0.1, 0.15) is 0 Å². The maximum absolute atomic E-state index is 12.1. The van der Waals surface area contributed by atoms with Crippen molar-refractivity contribution in [2.24, 2.45) is 0 Å². The van der Waals surface area contributed by atoms with E-state index in [0.717, 1.165) is 25.9 Å². The van der Waals surface area contributed by atoms with Crippen LogP contribution in [0.4, 0.5) is 5.69 Å². The molecule has 1 aromatic carbocycles. The summed E-state index contributed by atoms with van der Waals surface area (Å²) < 4.78 is 0.710. The van der Waals surface area contributed by atoms with Crippen molar-refractivity contribution in [1.82, 2.24) is 4.90 Å². The summed E-state index contributed by atoms with van der Waals surface area (Å²) in [5.41, 5.74) is 7.01. The van der Waals surface area contributed by atoms with Crippen LogP contribution in [0.3, 0.4) is 0 Å². The van der Waals surface area contributed by atoms with Crippen molar-refractivity contribution < 1.29 is 4.79 Å². The van der Waals surface area contributed by atoms with Crippen molar-refractivity contribution in [2.45, 2.75) is 12.8 Å². The molecular weight excluding hydrogens is 256 g/mol. The molecule has 0 aliphatic carbocycles. The highest BCUT2D eigenvalue weighted by Crippen LogP contribution is 2.25. The number of anilines is 1. The van der Waals surface area contributed by atoms with Gasteiger partial charge in [-0.05, 0) is 40.9 Å². The Hall–Kier alpha value is -1.03. The second kappa shape index (κ2) is 4.23. The molecule has 4 heteroatoms. The van der Waals surface area contributed by atoms with Gasteiger partial charge in [0.25, 0.3) is 5.91 Å². The number of nitrogens with zero attached hydrogens (tertiary/aromatic N) is 1. The molecule has 80 valence electrons. The predicted molar refractivity (Wildman–Crippen MR) is 63.7 cm³/mol. The Morgan fingerprint density at radius 1 is 1.33 bits per heavy atom. The predicted octanol–water partition coefficient (Wildman–Crippen LogP) is 2.27. The summed E-state index contributed by atoms with van der Waals surface area (Å²) in [6.45, 7) is 1.72. The third-order valence-electron chi connectivity index (χ3n) is 2.65. The third-order valence-corrected chi connectivity index (χ3v) is 3.54. The Balaban J connectivity index is 2.28. The summed E-state index contributed by atoms with van der Waals surface area (Å²) in [5, 5.41) is 0. The van der Waals surface area contributed by atoms with E-state index in [9.17, 15) is 4.79 Å². The van der Waals surface area contributed by atoms with E-state index in [0.29, 0.717) is 15.7 Å². The van der Waals surface area contributed by atoms with E-state index in [1.54, 1.807) is 12.1 Å². The fourth-order valence-electron chi connectivity index (χ4n) is 1.81. The topological polar surface area (TPSA) is 46.3 Å². The van der Waals surface area contributed by atoms with E-state index < -0.39 is 0 Å². The van der Waals surface area contributed by atoms with Gasteiger partial charge in [0, 0.05) is 18.8 Å². The van der Waals surface area contributed by atoms with E-state index in [-0.39, 0.29) is 5.91 Å². The summed E-state index contributed by atoms with van der Waals surface area (Å²) in [5.74, 6) is 0.0756. The van der Waals surface area contributed by atoms with Crippen molar-refractivity contribution in [1.29, 1.82) is 0 Å². The maximum Gasteiger partial charge on any atom is 0.255 e. The van der Waals surface area contributed by atoms with Crippen molar-refractivity contribution in [3.8, 4) is 0 Å². The minimum Gasteiger partial charge on any atom is -0.398 e. The minimum absolute atomic E-state index is 0.0756. The van der Waals surface area contributed by atoms with Crippen LogP contribution >= 0.6 is 15.9 Å². The molecule has 1 heterocycles. The van der Waals surface area contributed by atoms with Gasteiger partial charge in [-0.3, -0.25) is 4.79 Å². The molecular formula is C11H13BrN2O. The fraction of sp³-hybridized carbons (Fsp3) is 0.364. The minimum atomic E-state index is 0.0756. The Labute approximate surface area is 97.4 Å². The summed E-state index contributed by atoms with van der Waals surface area (Å²) in [6, 6.07) is 5.40. The molecule has 0 saturated carbocycles. The molecule has 0 unspecified atom stereocenters. The number of nitrogens with two attached hydrogens (primary N) is 1. The number of carbonyl (C=O) groups excluding carboxylic acids is 1. The molecule has 0 atom stereocenters. The van der Waals surface area contributed by atoms with Crippen LogP contribution in [0.1, 0.15) is 23.2 Å². The molecule has 15 heavy (non-hydrogen) atoms. The van der Waals surface area contributed by atoms with Gasteiger partial charge in [-0.15, -0.1) is 0 Å². The maximum atomic E-state index is 12.1. The van der Waals surface area contributed by atoms with Gasteiger partial charge >= 0.3 is 0 Å². The first-order chi connectivity index (χ1) is 7.20. The second-order valence-corrected chi connectivity index (χ2v) is 4.50. The highest BCUT2D eigenvalue weighted by molar-refractivity contribution is 9.10. The second-order valence-electron chi connectivity index (χ2n) is 3.71. The highest BCUT2D eigenvalue weighted by Gasteiger charge is 2.21. The SMILES string of the molecule is Nc1cccc(C(=O)N2CCCC2)c1Br. The molecule has 1 fully saturated rings. The Bertz CT molecular complexity index is 386. The van der Waals surface area contributed by atoms with Gasteiger partial charge in [0.05, 0.1) is 10.0 Å². The first kappa shape index (κ1) is 10.5. The molecule has 2 rings (SSSR count). The van der Waals surface area contributed by atoms with Crippen LogP contribution in [0.15, 0.2) is 22.7 Å². The Kier molecular flexibility index (Phi) is 2.95. The molecule has 3 nitrogen and oxygen atoms in total. The number of hydrogen-bond donors (Lipinski definition) is 1. The quantitative estimate of drug-likeness (QED) is 0.795. The smallest absolute Gasteiger partial charge is 0.255 e. The van der Waals surface area contributed by atoms with Gasteiger partial charge in [0.15, 0.2) is 0 Å². The van der Waals surface area contributed by atoms with Crippen molar-refractivity contribution in [2.75, 3.05) is 18.8 Å². The van der Waals surface area contributed by atoms with E-state index in [1.807, 2.05) is 11.0 Å². The van der Waals surface area contributed by atoms with Gasteiger partial charge in [-0.2, -0.15) is 0 Å². The van der Waals surface area contributed by atoms with Crippen molar-refractivity contribution >= 4 is 27.5 Å². The zero-order valence-corrected chi connectivity index (χ0v) is 9.96. The highest BCUT2D eigenvalue weighted by atomic mass is 79.9. The standard InChI is InChI=1S/C11H13BrN2O/c12-10-8(4-3-5-9(10)13)11(15)14-6-1-2-7-14/h3-5H,1-2,6-7,13H2. The lowest BCUT2D eigenvalue weighted by molar-refractivity contribution is 0.0792. The van der Waals surface area contributed by atoms with Crippen LogP contribution in [-0.2, 0) is 0 Å². The van der Waals surface area contributed by atoms with Crippen LogP contribution < -0.4 is 5.73 Å². The average molecular weight is 269 g/mol. The lowest BCUT2D eigenvalue weighted by Crippen LogP contribution is -2.27. The fourth-order valence-corrected chi connectivity index (χ4v) is 2.24. The number of rotatable bonds is 1. The zero-order valence-electron chi connectivity index (χ0n) is 8.37. The molecule has 0 spiro atoms. The number of nitrogen functional groups attached to an aromatic ring is 1. The van der Waals surface area contributed by atoms with Crippen LogP contribution in [-0.4, -0.2) is 23.9 Å². The number of likely N-dealkylation sites (tertiary alicyclic amines) is 1. The largest absolute Gasteiger partial charge is 0.398 e. The van der Waals surface area contributed by atoms with Crippen molar-refractivity contribution in [3.05, 3.63) is 28.2 Å². The monoisotopic (exact) mass is 268 g/mol. The van der Waals surface area contributed by atoms with Gasteiger partial charge < -0.3 is 10.6 Å². The van der Waals surface area contributed by atoms with Gasteiger partial charge in [-0.25, -0.2) is 0 Å². The van der Waals surface area contributed by atoms with E-state index in [2.05, 4.69) is 15.9 Å². The normalized spacial score (nSPS) is 15.7. The van der Waals surface area contributed by atoms with Crippen LogP contribution in [0, 0.1) is 0 Å². The summed E-state index contributed by atoms with van der Waals surface area (Å²) in [7, 11) is 0. The lowest BCUT2D eigenvalue weighted by atomic mass is 10.2. The molecule has 0 aromatic heterocycles. The molecule has 1 amide bonds. The Morgan fingerprint density at radius 3 is 2.67 bits per heavy atom. The van der Waals surface area contributed by atoms with Crippen LogP contribution in [0.5, 0.6) is 0 Å². The van der Waals surface area contributed by atoms with Crippen LogP contribution in [0.25, 0.3) is 0 Å². The Morgan fingerprint density at radius 2 is 2.00 bits per heavy atom. The molecule has 1 saturated heterocycles. The molecule has 0 radical (unpaired) electrons. The van der Waals surface area contributed by atoms with Crippen molar-refractivity contribution in [3.63, 3.8) is 0 Å². The van der Waals surface area contributed by atoms with E-state index >= 15 is 0 Å². The molecule has 1 aliphatic heterocycles. The molecule has 0 bridgehead atoms. The summed E-state index contributed by atoms with van der Waals surface area (Å²) >= 11 is 3.36. The average Bonchev–Trinajstić information content (AvgIpc) is 2.74. The molecule has 2 N–H and O–H groups in total. The lowest BCUT2D eigenvalue weighted by Gasteiger charge is -2.16. The van der Waals surface area contributed by atoms with E-state index in [4.69, 9.17) is 5.73 Å². The van der Waals surface area contributed by atoms with Gasteiger partial charge in [0.2, 0.25) is 0 Å². The number of amides is 1. The first-order valence-electron chi connectivity index (χ1n) is 5.03. The third kappa shape index (κ3) is 2.00. The summed E-state index contributed by atoms with van der Waals surface area (Å²) in [6.07, 6.45) is 2.21.